The van der Waals surface area contributed by atoms with Gasteiger partial charge in [0.25, 0.3) is 0 Å². The van der Waals surface area contributed by atoms with Crippen LogP contribution in [-0.4, -0.2) is 20.7 Å². The summed E-state index contributed by atoms with van der Waals surface area (Å²) < 4.78 is 15.9. The Morgan fingerprint density at radius 2 is 1.85 bits per heavy atom. The van der Waals surface area contributed by atoms with Gasteiger partial charge in [-0.3, -0.25) is 4.79 Å². The van der Waals surface area contributed by atoms with Crippen molar-refractivity contribution in [2.75, 3.05) is 0 Å². The molecular formula is C22H24FNO3. The number of aromatic hydroxyl groups is 1. The Morgan fingerprint density at radius 3 is 2.44 bits per heavy atom. The third-order valence-corrected chi connectivity index (χ3v) is 4.95. The van der Waals surface area contributed by atoms with Gasteiger partial charge in [0.05, 0.1) is 11.9 Å². The summed E-state index contributed by atoms with van der Waals surface area (Å²) in [5.41, 5.74) is 4.13. The first-order valence-electron chi connectivity index (χ1n) is 9.06. The fourth-order valence-electron chi connectivity index (χ4n) is 3.82. The van der Waals surface area contributed by atoms with Crippen molar-refractivity contribution >= 4 is 16.9 Å². The van der Waals surface area contributed by atoms with Crippen molar-refractivity contribution in [2.45, 2.75) is 46.0 Å². The number of nitrogens with zero attached hydrogens (tertiary/aromatic N) is 1. The number of rotatable bonds is 5. The zero-order chi connectivity index (χ0) is 19.9. The van der Waals surface area contributed by atoms with Crippen LogP contribution in [0.25, 0.3) is 16.6 Å². The summed E-state index contributed by atoms with van der Waals surface area (Å²) >= 11 is 0. The molecule has 142 valence electrons. The summed E-state index contributed by atoms with van der Waals surface area (Å²) in [6.07, 6.45) is -0.00304. The van der Waals surface area contributed by atoms with E-state index < -0.39 is 5.97 Å². The number of hydrogen-bond acceptors (Lipinski definition) is 2. The van der Waals surface area contributed by atoms with Gasteiger partial charge in [-0.1, -0.05) is 20.8 Å². The second-order valence-corrected chi connectivity index (χ2v) is 7.42. The molecule has 5 heteroatoms. The van der Waals surface area contributed by atoms with Gasteiger partial charge in [0.2, 0.25) is 0 Å². The number of benzene rings is 2. The van der Waals surface area contributed by atoms with Gasteiger partial charge in [-0.05, 0) is 66.3 Å². The standard InChI is InChI=1S/C22H24FNO3/c1-12(2)22-21(14(4)10-20(26)27)17-11-16(25)6-8-19(17)24(22)15-5-7-18(23)13(3)9-15/h5-9,11-12,14,25H,10H2,1-4H3,(H,26,27). The number of aliphatic carboxylic acids is 1. The molecule has 1 heterocycles. The van der Waals surface area contributed by atoms with Crippen LogP contribution in [-0.2, 0) is 4.79 Å². The van der Waals surface area contributed by atoms with Crippen molar-refractivity contribution in [3.63, 3.8) is 0 Å². The van der Waals surface area contributed by atoms with Crippen LogP contribution in [0.3, 0.4) is 0 Å². The average molecular weight is 369 g/mol. The topological polar surface area (TPSA) is 62.5 Å². The number of carboxylic acids is 1. The van der Waals surface area contributed by atoms with Crippen LogP contribution in [0.5, 0.6) is 5.75 Å². The summed E-state index contributed by atoms with van der Waals surface area (Å²) in [6, 6.07) is 10.1. The fourth-order valence-corrected chi connectivity index (χ4v) is 3.82. The van der Waals surface area contributed by atoms with Gasteiger partial charge in [-0.2, -0.15) is 0 Å². The van der Waals surface area contributed by atoms with E-state index in [9.17, 15) is 19.4 Å². The van der Waals surface area contributed by atoms with Crippen LogP contribution in [0, 0.1) is 12.7 Å². The summed E-state index contributed by atoms with van der Waals surface area (Å²) in [5.74, 6) is -1.12. The van der Waals surface area contributed by atoms with E-state index in [1.165, 1.54) is 6.07 Å². The lowest BCUT2D eigenvalue weighted by Gasteiger charge is -2.18. The Balaban J connectivity index is 2.40. The Kier molecular flexibility index (Phi) is 4.96. The van der Waals surface area contributed by atoms with E-state index >= 15 is 0 Å². The number of carboxylic acid groups (broad SMARTS) is 1. The highest BCUT2D eigenvalue weighted by atomic mass is 19.1. The van der Waals surface area contributed by atoms with Crippen molar-refractivity contribution in [1.82, 2.24) is 4.57 Å². The first-order valence-corrected chi connectivity index (χ1v) is 9.06. The van der Waals surface area contributed by atoms with Crippen molar-refractivity contribution in [2.24, 2.45) is 0 Å². The molecule has 3 aromatic rings. The molecule has 0 bridgehead atoms. The van der Waals surface area contributed by atoms with Crippen LogP contribution in [0.2, 0.25) is 0 Å². The zero-order valence-corrected chi connectivity index (χ0v) is 16.0. The lowest BCUT2D eigenvalue weighted by molar-refractivity contribution is -0.137. The summed E-state index contributed by atoms with van der Waals surface area (Å²) in [7, 11) is 0. The molecule has 3 rings (SSSR count). The second-order valence-electron chi connectivity index (χ2n) is 7.42. The van der Waals surface area contributed by atoms with E-state index in [0.29, 0.717) is 5.56 Å². The minimum atomic E-state index is -0.865. The summed E-state index contributed by atoms with van der Waals surface area (Å²) in [4.78, 5) is 11.3. The molecule has 2 N–H and O–H groups in total. The molecule has 0 spiro atoms. The molecule has 0 aliphatic rings. The van der Waals surface area contributed by atoms with E-state index in [-0.39, 0.29) is 29.8 Å². The van der Waals surface area contributed by atoms with Gasteiger partial charge in [-0.25, -0.2) is 4.39 Å². The Morgan fingerprint density at radius 1 is 1.15 bits per heavy atom. The highest BCUT2D eigenvalue weighted by molar-refractivity contribution is 5.90. The Hall–Kier alpha value is -2.82. The van der Waals surface area contributed by atoms with Crippen LogP contribution in [0.15, 0.2) is 36.4 Å². The van der Waals surface area contributed by atoms with Crippen LogP contribution >= 0.6 is 0 Å². The number of aromatic nitrogens is 1. The highest BCUT2D eigenvalue weighted by Gasteiger charge is 2.26. The van der Waals surface area contributed by atoms with Crippen molar-refractivity contribution in [3.05, 3.63) is 59.0 Å². The minimum Gasteiger partial charge on any atom is -0.508 e. The molecule has 1 unspecified atom stereocenters. The van der Waals surface area contributed by atoms with Gasteiger partial charge in [-0.15, -0.1) is 0 Å². The molecule has 0 amide bonds. The summed E-state index contributed by atoms with van der Waals surface area (Å²) in [5, 5.41) is 20.2. The molecule has 0 radical (unpaired) electrons. The monoisotopic (exact) mass is 369 g/mol. The number of halogens is 1. The van der Waals surface area contributed by atoms with Gasteiger partial charge < -0.3 is 14.8 Å². The maximum atomic E-state index is 13.8. The number of carbonyl (C=O) groups is 1. The number of phenols is 1. The molecule has 0 aliphatic heterocycles. The van der Waals surface area contributed by atoms with Crippen molar-refractivity contribution in [1.29, 1.82) is 0 Å². The Bertz CT molecular complexity index is 1020. The van der Waals surface area contributed by atoms with Gasteiger partial charge in [0.15, 0.2) is 0 Å². The summed E-state index contributed by atoms with van der Waals surface area (Å²) in [6.45, 7) is 7.72. The largest absolute Gasteiger partial charge is 0.508 e. The predicted octanol–water partition coefficient (Wildman–Crippen LogP) is 5.49. The van der Waals surface area contributed by atoms with Crippen LogP contribution < -0.4 is 0 Å². The molecule has 1 atom stereocenters. The zero-order valence-electron chi connectivity index (χ0n) is 16.0. The first-order chi connectivity index (χ1) is 12.7. The molecule has 0 saturated heterocycles. The highest BCUT2D eigenvalue weighted by Crippen LogP contribution is 2.40. The first kappa shape index (κ1) is 19.0. The van der Waals surface area contributed by atoms with Gasteiger partial charge in [0, 0.05) is 16.8 Å². The second kappa shape index (κ2) is 7.06. The third-order valence-electron chi connectivity index (χ3n) is 4.95. The molecular weight excluding hydrogens is 345 g/mol. The Labute approximate surface area is 157 Å². The maximum absolute atomic E-state index is 13.8. The molecule has 1 aromatic heterocycles. The third kappa shape index (κ3) is 3.42. The van der Waals surface area contributed by atoms with Crippen LogP contribution in [0.4, 0.5) is 4.39 Å². The van der Waals surface area contributed by atoms with Gasteiger partial charge in [0.1, 0.15) is 11.6 Å². The minimum absolute atomic E-state index is 0.00304. The van der Waals surface area contributed by atoms with Crippen LogP contribution in [0.1, 0.15) is 55.8 Å². The number of aryl methyl sites for hydroxylation is 1. The number of hydrogen-bond donors (Lipinski definition) is 2. The quantitative estimate of drug-likeness (QED) is 0.625. The van der Waals surface area contributed by atoms with E-state index in [4.69, 9.17) is 0 Å². The normalized spacial score (nSPS) is 12.7. The predicted molar refractivity (Wildman–Crippen MR) is 104 cm³/mol. The fraction of sp³-hybridized carbons (Fsp3) is 0.318. The average Bonchev–Trinajstić information content (AvgIpc) is 2.91. The molecule has 4 nitrogen and oxygen atoms in total. The molecule has 0 saturated carbocycles. The molecule has 27 heavy (non-hydrogen) atoms. The van der Waals surface area contributed by atoms with Crippen molar-refractivity contribution in [3.8, 4) is 11.4 Å². The SMILES string of the molecule is Cc1cc(-n2c(C(C)C)c(C(C)CC(=O)O)c3cc(O)ccc32)ccc1F. The molecule has 2 aromatic carbocycles. The van der Waals surface area contributed by atoms with Gasteiger partial charge >= 0.3 is 5.97 Å². The van der Waals surface area contributed by atoms with E-state index in [1.807, 2.05) is 13.0 Å². The maximum Gasteiger partial charge on any atom is 0.303 e. The number of phenolic OH excluding ortho intramolecular Hbond substituents is 1. The van der Waals surface area contributed by atoms with E-state index in [1.54, 1.807) is 31.2 Å². The molecule has 0 aliphatic carbocycles. The lowest BCUT2D eigenvalue weighted by atomic mass is 9.91. The van der Waals surface area contributed by atoms with E-state index in [2.05, 4.69) is 18.4 Å². The van der Waals surface area contributed by atoms with Crippen molar-refractivity contribution < 1.29 is 19.4 Å². The number of fused-ring (bicyclic) bond motifs is 1. The van der Waals surface area contributed by atoms with E-state index in [0.717, 1.165) is 27.8 Å². The smallest absolute Gasteiger partial charge is 0.303 e. The lowest BCUT2D eigenvalue weighted by Crippen LogP contribution is -2.09. The molecule has 0 fully saturated rings.